The van der Waals surface area contributed by atoms with Gasteiger partial charge in [0.2, 0.25) is 0 Å². The number of benzene rings is 3. The van der Waals surface area contributed by atoms with E-state index in [4.69, 9.17) is 9.72 Å². The Bertz CT molecular complexity index is 1450. The molecule has 0 radical (unpaired) electrons. The number of rotatable bonds is 6. The van der Waals surface area contributed by atoms with Crippen LogP contribution in [0.25, 0.3) is 28.0 Å². The zero-order valence-corrected chi connectivity index (χ0v) is 20.5. The van der Waals surface area contributed by atoms with Crippen LogP contribution in [0.1, 0.15) is 5.56 Å². The number of nitrogens with zero attached hydrogens (tertiary/aromatic N) is 5. The Balaban J connectivity index is 1.62. The molecular formula is C28H29N5O2. The van der Waals surface area contributed by atoms with Gasteiger partial charge in [-0.2, -0.15) is 0 Å². The number of likely N-dealkylation sites (N-methyl/N-ethyl adjacent to an activating group) is 1. The molecule has 0 atom stereocenters. The Labute approximate surface area is 204 Å². The molecule has 7 heteroatoms. The summed E-state index contributed by atoms with van der Waals surface area (Å²) in [4.78, 5) is 27.7. The van der Waals surface area contributed by atoms with E-state index in [1.165, 1.54) is 0 Å². The van der Waals surface area contributed by atoms with Crippen LogP contribution in [0.3, 0.4) is 0 Å². The number of aryl methyl sites for hydroxylation is 1. The smallest absolute Gasteiger partial charge is 0.266 e. The summed E-state index contributed by atoms with van der Waals surface area (Å²) in [5, 5.41) is 0.600. The summed E-state index contributed by atoms with van der Waals surface area (Å²) in [6, 6.07) is 21.5. The Morgan fingerprint density at radius 3 is 2.37 bits per heavy atom. The molecule has 0 saturated heterocycles. The van der Waals surface area contributed by atoms with E-state index in [1.54, 1.807) is 11.7 Å². The second-order valence-electron chi connectivity index (χ2n) is 9.03. The van der Waals surface area contributed by atoms with Crippen molar-refractivity contribution < 1.29 is 4.74 Å². The third kappa shape index (κ3) is 4.42. The average molecular weight is 468 g/mol. The number of anilines is 1. The minimum atomic E-state index is -0.0945. The molecule has 1 aliphatic heterocycles. The molecule has 5 rings (SSSR count). The van der Waals surface area contributed by atoms with E-state index < -0.39 is 0 Å². The maximum Gasteiger partial charge on any atom is 0.266 e. The molecule has 0 saturated carbocycles. The second kappa shape index (κ2) is 9.35. The molecule has 0 spiro atoms. The molecule has 2 heterocycles. The van der Waals surface area contributed by atoms with Gasteiger partial charge in [-0.15, -0.1) is 0 Å². The zero-order chi connectivity index (χ0) is 24.5. The monoisotopic (exact) mass is 467 g/mol. The van der Waals surface area contributed by atoms with Gasteiger partial charge in [-0.1, -0.05) is 11.6 Å². The lowest BCUT2D eigenvalue weighted by Crippen LogP contribution is -2.35. The number of fused-ring (bicyclic) bond motifs is 1. The van der Waals surface area contributed by atoms with Crippen LogP contribution in [0.15, 0.2) is 76.5 Å². The Morgan fingerprint density at radius 2 is 1.69 bits per heavy atom. The van der Waals surface area contributed by atoms with Gasteiger partial charge in [-0.25, -0.2) is 4.98 Å². The van der Waals surface area contributed by atoms with E-state index in [0.29, 0.717) is 16.7 Å². The van der Waals surface area contributed by atoms with Crippen LogP contribution >= 0.6 is 0 Å². The van der Waals surface area contributed by atoms with E-state index in [9.17, 15) is 4.79 Å². The summed E-state index contributed by atoms with van der Waals surface area (Å²) in [6.07, 6.45) is 0. The van der Waals surface area contributed by atoms with Gasteiger partial charge in [0.25, 0.3) is 5.56 Å². The fourth-order valence-corrected chi connectivity index (χ4v) is 4.44. The van der Waals surface area contributed by atoms with Crippen molar-refractivity contribution in [1.82, 2.24) is 14.5 Å². The molecule has 7 nitrogen and oxygen atoms in total. The van der Waals surface area contributed by atoms with E-state index in [1.807, 2.05) is 75.6 Å². The highest BCUT2D eigenvalue weighted by Gasteiger charge is 2.20. The number of ether oxygens (including phenoxy) is 1. The molecule has 0 aliphatic carbocycles. The summed E-state index contributed by atoms with van der Waals surface area (Å²) in [6.45, 7) is 4.44. The van der Waals surface area contributed by atoms with Crippen molar-refractivity contribution in [2.75, 3.05) is 45.7 Å². The average Bonchev–Trinajstić information content (AvgIpc) is 3.32. The molecule has 0 amide bonds. The molecule has 0 bridgehead atoms. The van der Waals surface area contributed by atoms with Crippen LogP contribution in [0, 0.1) is 6.92 Å². The largest absolute Gasteiger partial charge is 0.497 e. The fraction of sp³-hybridized carbons (Fsp3) is 0.250. The number of hydrogen-bond donors (Lipinski definition) is 0. The molecule has 3 aromatic carbocycles. The van der Waals surface area contributed by atoms with Gasteiger partial charge in [0.15, 0.2) is 0 Å². The van der Waals surface area contributed by atoms with Crippen LogP contribution < -0.4 is 15.2 Å². The summed E-state index contributed by atoms with van der Waals surface area (Å²) in [5.74, 6) is 2.40. The summed E-state index contributed by atoms with van der Waals surface area (Å²) >= 11 is 0. The van der Waals surface area contributed by atoms with E-state index in [2.05, 4.69) is 26.9 Å². The Kier molecular flexibility index (Phi) is 6.09. The van der Waals surface area contributed by atoms with Crippen LogP contribution in [-0.2, 0) is 0 Å². The summed E-state index contributed by atoms with van der Waals surface area (Å²) in [7, 11) is 5.73. The van der Waals surface area contributed by atoms with Crippen molar-refractivity contribution in [2.24, 2.45) is 4.99 Å². The van der Waals surface area contributed by atoms with Crippen LogP contribution in [0.5, 0.6) is 5.75 Å². The van der Waals surface area contributed by atoms with Gasteiger partial charge in [0.1, 0.15) is 17.4 Å². The van der Waals surface area contributed by atoms with Crippen molar-refractivity contribution in [3.05, 3.63) is 82.6 Å². The standard InChI is InChI=1S/C28H29N5O2/c1-19-5-14-25-24(17-19)28(34)33(22-10-12-23(35-4)13-11-22)27(30-25)20-6-8-21(9-7-20)32-16-15-29-26(32)18-31(2)3/h5-14,17H,15-16,18H2,1-4H3. The van der Waals surface area contributed by atoms with Crippen molar-refractivity contribution in [3.63, 3.8) is 0 Å². The highest BCUT2D eigenvalue weighted by molar-refractivity contribution is 6.00. The summed E-state index contributed by atoms with van der Waals surface area (Å²) < 4.78 is 7.00. The Morgan fingerprint density at radius 1 is 0.971 bits per heavy atom. The van der Waals surface area contributed by atoms with Gasteiger partial charge in [0, 0.05) is 17.8 Å². The fourth-order valence-electron chi connectivity index (χ4n) is 4.44. The first kappa shape index (κ1) is 22.8. The molecule has 4 aromatic rings. The first-order valence-electron chi connectivity index (χ1n) is 11.7. The van der Waals surface area contributed by atoms with Crippen molar-refractivity contribution in [1.29, 1.82) is 0 Å². The minimum absolute atomic E-state index is 0.0945. The quantitative estimate of drug-likeness (QED) is 0.426. The lowest BCUT2D eigenvalue weighted by molar-refractivity contribution is 0.414. The van der Waals surface area contributed by atoms with E-state index in [0.717, 1.165) is 53.7 Å². The number of methoxy groups -OCH3 is 1. The topological polar surface area (TPSA) is 63.0 Å². The third-order valence-corrected chi connectivity index (χ3v) is 6.18. The SMILES string of the molecule is COc1ccc(-n2c(-c3ccc(N4CCN=C4CN(C)C)cc3)nc3ccc(C)cc3c2=O)cc1. The van der Waals surface area contributed by atoms with Crippen LogP contribution in [0.2, 0.25) is 0 Å². The van der Waals surface area contributed by atoms with Gasteiger partial charge in [0.05, 0.1) is 36.8 Å². The maximum absolute atomic E-state index is 13.7. The van der Waals surface area contributed by atoms with Gasteiger partial charge in [-0.3, -0.25) is 14.4 Å². The summed E-state index contributed by atoms with van der Waals surface area (Å²) in [5.41, 5.74) is 4.31. The minimum Gasteiger partial charge on any atom is -0.497 e. The highest BCUT2D eigenvalue weighted by Crippen LogP contribution is 2.27. The predicted octanol–water partition coefficient (Wildman–Crippen LogP) is 4.15. The predicted molar refractivity (Wildman–Crippen MR) is 142 cm³/mol. The number of aromatic nitrogens is 2. The highest BCUT2D eigenvalue weighted by atomic mass is 16.5. The van der Waals surface area contributed by atoms with E-state index >= 15 is 0 Å². The maximum atomic E-state index is 13.7. The van der Waals surface area contributed by atoms with Gasteiger partial charge in [-0.05, 0) is 81.7 Å². The molecular weight excluding hydrogens is 438 g/mol. The number of hydrogen-bond acceptors (Lipinski definition) is 6. The zero-order valence-electron chi connectivity index (χ0n) is 20.5. The van der Waals surface area contributed by atoms with Gasteiger partial charge >= 0.3 is 0 Å². The molecule has 1 aliphatic rings. The van der Waals surface area contributed by atoms with Crippen LogP contribution in [0.4, 0.5) is 5.69 Å². The molecule has 0 fully saturated rings. The third-order valence-electron chi connectivity index (χ3n) is 6.18. The molecule has 178 valence electrons. The van der Waals surface area contributed by atoms with Crippen molar-refractivity contribution in [3.8, 4) is 22.8 Å². The molecule has 0 N–H and O–H groups in total. The van der Waals surface area contributed by atoms with Crippen molar-refractivity contribution >= 4 is 22.4 Å². The Hall–Kier alpha value is -3.97. The van der Waals surface area contributed by atoms with E-state index in [-0.39, 0.29) is 5.56 Å². The lowest BCUT2D eigenvalue weighted by atomic mass is 10.1. The first-order chi connectivity index (χ1) is 16.9. The molecule has 35 heavy (non-hydrogen) atoms. The first-order valence-corrected chi connectivity index (χ1v) is 11.7. The van der Waals surface area contributed by atoms with Crippen LogP contribution in [-0.4, -0.2) is 61.1 Å². The van der Waals surface area contributed by atoms with Gasteiger partial charge < -0.3 is 14.5 Å². The number of amidine groups is 1. The lowest BCUT2D eigenvalue weighted by Gasteiger charge is -2.23. The number of aliphatic imine (C=N–C) groups is 1. The molecule has 0 unspecified atom stereocenters. The van der Waals surface area contributed by atoms with Crippen molar-refractivity contribution in [2.45, 2.75) is 6.92 Å². The molecule has 1 aromatic heterocycles. The normalized spacial score (nSPS) is 13.5. The second-order valence-corrected chi connectivity index (χ2v) is 9.03.